The van der Waals surface area contributed by atoms with Crippen LogP contribution in [0.5, 0.6) is 0 Å². The topological polar surface area (TPSA) is 12.0 Å². The van der Waals surface area contributed by atoms with Crippen LogP contribution in [0.1, 0.15) is 19.3 Å². The first-order valence-corrected chi connectivity index (χ1v) is 4.27. The lowest BCUT2D eigenvalue weighted by molar-refractivity contribution is 0.00417. The van der Waals surface area contributed by atoms with Gasteiger partial charge in [0.2, 0.25) is 5.92 Å². The minimum absolute atomic E-state index is 0.00449. The summed E-state index contributed by atoms with van der Waals surface area (Å²) in [5, 5.41) is 2.98. The smallest absolute Gasteiger partial charge is 0.248 e. The number of rotatable bonds is 3. The molecule has 0 aromatic heterocycles. The largest absolute Gasteiger partial charge is 0.313 e. The molecule has 2 atom stereocenters. The van der Waals surface area contributed by atoms with Crippen molar-refractivity contribution in [3.63, 3.8) is 0 Å². The van der Waals surface area contributed by atoms with E-state index in [1.807, 2.05) is 0 Å². The predicted octanol–water partition coefficient (Wildman–Crippen LogP) is 2.20. The second kappa shape index (κ2) is 3.52. The third kappa shape index (κ3) is 2.03. The van der Waals surface area contributed by atoms with Crippen molar-refractivity contribution in [2.24, 2.45) is 5.92 Å². The molecule has 1 fully saturated rings. The molecule has 1 N–H and O–H groups in total. The molecule has 0 amide bonds. The van der Waals surface area contributed by atoms with Gasteiger partial charge in [-0.05, 0) is 19.4 Å². The highest BCUT2D eigenvalue weighted by Gasteiger charge is 2.41. The van der Waals surface area contributed by atoms with E-state index < -0.39 is 5.92 Å². The van der Waals surface area contributed by atoms with Crippen LogP contribution in [0.25, 0.3) is 0 Å². The van der Waals surface area contributed by atoms with Crippen LogP contribution >= 0.6 is 0 Å². The Bertz CT molecular complexity index is 168. The summed E-state index contributed by atoms with van der Waals surface area (Å²) in [6, 6.07) is 0.0402. The maximum absolute atomic E-state index is 12.8. The molecule has 1 nitrogen and oxygen atoms in total. The third-order valence-corrected chi connectivity index (χ3v) is 2.54. The van der Waals surface area contributed by atoms with Crippen LogP contribution in [0.4, 0.5) is 8.78 Å². The molecule has 1 rings (SSSR count). The minimum Gasteiger partial charge on any atom is -0.313 e. The van der Waals surface area contributed by atoms with Crippen molar-refractivity contribution >= 4 is 0 Å². The maximum Gasteiger partial charge on any atom is 0.248 e. The highest BCUT2D eigenvalue weighted by Crippen LogP contribution is 2.40. The van der Waals surface area contributed by atoms with E-state index in [1.54, 1.807) is 13.1 Å². The quantitative estimate of drug-likeness (QED) is 0.648. The summed E-state index contributed by atoms with van der Waals surface area (Å²) in [4.78, 5) is 0. The fraction of sp³-hybridized carbons (Fsp3) is 0.778. The number of alkyl halides is 2. The zero-order valence-electron chi connectivity index (χ0n) is 7.32. The summed E-state index contributed by atoms with van der Waals surface area (Å²) in [7, 11) is 1.78. The molecule has 0 bridgehead atoms. The van der Waals surface area contributed by atoms with Crippen molar-refractivity contribution in [1.29, 1.82) is 0 Å². The second-order valence-corrected chi connectivity index (χ2v) is 3.41. The van der Waals surface area contributed by atoms with E-state index in [2.05, 4.69) is 11.9 Å². The Morgan fingerprint density at radius 1 is 1.67 bits per heavy atom. The highest BCUT2D eigenvalue weighted by molar-refractivity contribution is 4.96. The fourth-order valence-electron chi connectivity index (χ4n) is 1.84. The predicted molar refractivity (Wildman–Crippen MR) is 45.3 cm³/mol. The summed E-state index contributed by atoms with van der Waals surface area (Å²) < 4.78 is 25.5. The van der Waals surface area contributed by atoms with E-state index in [1.165, 1.54) is 0 Å². The first kappa shape index (κ1) is 9.65. The fourth-order valence-corrected chi connectivity index (χ4v) is 1.84. The monoisotopic (exact) mass is 175 g/mol. The molecular formula is C9H15F2N. The van der Waals surface area contributed by atoms with Gasteiger partial charge in [0, 0.05) is 18.9 Å². The lowest BCUT2D eigenvalue weighted by Crippen LogP contribution is -2.30. The molecule has 0 spiro atoms. The van der Waals surface area contributed by atoms with Gasteiger partial charge < -0.3 is 5.32 Å². The van der Waals surface area contributed by atoms with Crippen LogP contribution in [0, 0.1) is 5.92 Å². The summed E-state index contributed by atoms with van der Waals surface area (Å²) in [6.07, 6.45) is 2.35. The second-order valence-electron chi connectivity index (χ2n) is 3.41. The van der Waals surface area contributed by atoms with Crippen LogP contribution in [0.3, 0.4) is 0 Å². The minimum atomic E-state index is -2.44. The van der Waals surface area contributed by atoms with Crippen molar-refractivity contribution in [2.75, 3.05) is 7.05 Å². The first-order chi connectivity index (χ1) is 5.59. The van der Waals surface area contributed by atoms with Gasteiger partial charge in [0.05, 0.1) is 0 Å². The third-order valence-electron chi connectivity index (χ3n) is 2.54. The molecular weight excluding hydrogens is 160 g/mol. The van der Waals surface area contributed by atoms with Gasteiger partial charge in [0.25, 0.3) is 0 Å². The lowest BCUT2D eigenvalue weighted by Gasteiger charge is -2.18. The van der Waals surface area contributed by atoms with E-state index in [0.717, 1.165) is 0 Å². The summed E-state index contributed by atoms with van der Waals surface area (Å²) in [5.41, 5.74) is 0. The molecule has 0 aliphatic heterocycles. The van der Waals surface area contributed by atoms with Crippen molar-refractivity contribution in [3.05, 3.63) is 12.7 Å². The number of hydrogen-bond donors (Lipinski definition) is 1. The Morgan fingerprint density at radius 2 is 2.33 bits per heavy atom. The van der Waals surface area contributed by atoms with Crippen LogP contribution in [-0.2, 0) is 0 Å². The molecule has 0 saturated heterocycles. The van der Waals surface area contributed by atoms with E-state index in [4.69, 9.17) is 0 Å². The molecule has 2 unspecified atom stereocenters. The Balaban J connectivity index is 2.50. The van der Waals surface area contributed by atoms with Gasteiger partial charge in [0.15, 0.2) is 0 Å². The van der Waals surface area contributed by atoms with Crippen molar-refractivity contribution in [1.82, 2.24) is 5.32 Å². The standard InChI is InChI=1S/C9H15F2N/c1-3-8(12-2)7-4-5-9(10,11)6-7/h3,7-8,12H,1,4-6H2,2H3. The van der Waals surface area contributed by atoms with Gasteiger partial charge in [0.1, 0.15) is 0 Å². The van der Waals surface area contributed by atoms with E-state index in [0.29, 0.717) is 6.42 Å². The maximum atomic E-state index is 12.8. The van der Waals surface area contributed by atoms with E-state index in [9.17, 15) is 8.78 Å². The molecule has 12 heavy (non-hydrogen) atoms. The molecule has 0 heterocycles. The zero-order chi connectivity index (χ0) is 9.19. The molecule has 0 radical (unpaired) electrons. The van der Waals surface area contributed by atoms with Gasteiger partial charge in [-0.3, -0.25) is 0 Å². The number of nitrogens with one attached hydrogen (secondary N) is 1. The zero-order valence-corrected chi connectivity index (χ0v) is 7.32. The highest BCUT2D eigenvalue weighted by atomic mass is 19.3. The number of likely N-dealkylation sites (N-methyl/N-ethyl adjacent to an activating group) is 1. The van der Waals surface area contributed by atoms with Crippen molar-refractivity contribution < 1.29 is 8.78 Å². The van der Waals surface area contributed by atoms with Crippen molar-refractivity contribution in [3.8, 4) is 0 Å². The average Bonchev–Trinajstić information content (AvgIpc) is 2.34. The molecule has 1 aliphatic carbocycles. The Morgan fingerprint density at radius 3 is 2.67 bits per heavy atom. The van der Waals surface area contributed by atoms with Crippen LogP contribution in [0.2, 0.25) is 0 Å². The van der Waals surface area contributed by atoms with Gasteiger partial charge in [-0.15, -0.1) is 6.58 Å². The molecule has 0 aromatic carbocycles. The van der Waals surface area contributed by atoms with Crippen molar-refractivity contribution in [2.45, 2.75) is 31.2 Å². The summed E-state index contributed by atoms with van der Waals surface area (Å²) in [6.45, 7) is 3.62. The Kier molecular flexibility index (Phi) is 2.83. The Labute approximate surface area is 71.8 Å². The lowest BCUT2D eigenvalue weighted by atomic mass is 9.98. The molecule has 1 saturated carbocycles. The van der Waals surface area contributed by atoms with Crippen LogP contribution in [-0.4, -0.2) is 19.0 Å². The number of halogens is 2. The van der Waals surface area contributed by atoms with Crippen LogP contribution < -0.4 is 5.32 Å². The molecule has 1 aliphatic rings. The molecule has 0 aromatic rings. The molecule has 70 valence electrons. The number of hydrogen-bond acceptors (Lipinski definition) is 1. The molecule has 3 heteroatoms. The van der Waals surface area contributed by atoms with Gasteiger partial charge in [-0.1, -0.05) is 6.08 Å². The van der Waals surface area contributed by atoms with E-state index in [-0.39, 0.29) is 24.8 Å². The van der Waals surface area contributed by atoms with Gasteiger partial charge in [-0.25, -0.2) is 8.78 Å². The van der Waals surface area contributed by atoms with Crippen LogP contribution in [0.15, 0.2) is 12.7 Å². The van der Waals surface area contributed by atoms with Gasteiger partial charge in [-0.2, -0.15) is 0 Å². The average molecular weight is 175 g/mol. The normalized spacial score (nSPS) is 30.1. The summed E-state index contributed by atoms with van der Waals surface area (Å²) in [5.74, 6) is -2.38. The SMILES string of the molecule is C=CC(NC)C1CCC(F)(F)C1. The summed E-state index contributed by atoms with van der Waals surface area (Å²) >= 11 is 0. The van der Waals surface area contributed by atoms with E-state index >= 15 is 0 Å². The Hall–Kier alpha value is -0.440. The first-order valence-electron chi connectivity index (χ1n) is 4.27. The van der Waals surface area contributed by atoms with Gasteiger partial charge >= 0.3 is 0 Å².